The normalized spacial score (nSPS) is 19.4. The van der Waals surface area contributed by atoms with Crippen LogP contribution in [-0.2, 0) is 49.0 Å². The molecule has 2 aliphatic heterocycles. The Hall–Kier alpha value is -2.62. The van der Waals surface area contributed by atoms with Gasteiger partial charge in [-0.05, 0) is 111 Å². The van der Waals surface area contributed by atoms with Gasteiger partial charge in [-0.25, -0.2) is 26.3 Å². The number of benzene rings is 3. The van der Waals surface area contributed by atoms with Crippen molar-refractivity contribution >= 4 is 75.1 Å². The van der Waals surface area contributed by atoms with Crippen LogP contribution < -0.4 is 19.2 Å². The number of nitrogens with one attached hydrogen (secondary N) is 2. The summed E-state index contributed by atoms with van der Waals surface area (Å²) in [5, 5.41) is 0. The van der Waals surface area contributed by atoms with Gasteiger partial charge in [0, 0.05) is 59.3 Å². The minimum atomic E-state index is -3.90. The first kappa shape index (κ1) is 33.3. The van der Waals surface area contributed by atoms with E-state index in [-0.39, 0.29) is 46.5 Å². The SMILES string of the molecule is CC(=O)N1CCc2cc(Br)c(S(=O)(=O)NC3CCC(CC(=O)N4CCc5cc(Br)c(S(=O)(=O)NCc6ccccc6)cc54)C3)cc21. The van der Waals surface area contributed by atoms with Gasteiger partial charge in [0.05, 0.1) is 9.79 Å². The Bertz CT molecular complexity index is 1920. The summed E-state index contributed by atoms with van der Waals surface area (Å²) in [5.41, 5.74) is 3.85. The van der Waals surface area contributed by atoms with Crippen LogP contribution >= 0.6 is 31.9 Å². The molecule has 0 saturated heterocycles. The van der Waals surface area contributed by atoms with Crippen molar-refractivity contribution < 1.29 is 26.4 Å². The van der Waals surface area contributed by atoms with Crippen molar-refractivity contribution in [3.63, 3.8) is 0 Å². The molecular formula is C32H34Br2N4O6S2. The van der Waals surface area contributed by atoms with E-state index in [9.17, 15) is 26.4 Å². The molecule has 3 aromatic rings. The Morgan fingerprint density at radius 2 is 1.41 bits per heavy atom. The van der Waals surface area contributed by atoms with Crippen LogP contribution in [0.15, 0.2) is 73.3 Å². The van der Waals surface area contributed by atoms with Crippen molar-refractivity contribution in [2.75, 3.05) is 22.9 Å². The van der Waals surface area contributed by atoms with E-state index in [1.54, 1.807) is 34.1 Å². The molecule has 3 aliphatic rings. The standard InChI is InChI=1S/C32H34Br2N4O6S2/c1-20(39)37-11-9-23-15-27(34)31(17-28(23)37)46(43,44)36-25-8-7-22(13-25)14-32(40)38-12-10-24-16-26(33)30(18-29(24)38)45(41,42)35-19-21-5-3-2-4-6-21/h2-6,15-18,22,25,35-36H,7-14,19H2,1H3. The third-order valence-electron chi connectivity index (χ3n) is 8.95. The molecule has 46 heavy (non-hydrogen) atoms. The van der Waals surface area contributed by atoms with Crippen molar-refractivity contribution in [3.8, 4) is 0 Å². The van der Waals surface area contributed by atoms with Crippen LogP contribution in [0.4, 0.5) is 11.4 Å². The number of nitrogens with zero attached hydrogens (tertiary/aromatic N) is 2. The lowest BCUT2D eigenvalue weighted by atomic mass is 10.0. The first-order valence-corrected chi connectivity index (χ1v) is 19.7. The van der Waals surface area contributed by atoms with Crippen LogP contribution in [0.5, 0.6) is 0 Å². The topological polar surface area (TPSA) is 133 Å². The summed E-state index contributed by atoms with van der Waals surface area (Å²) in [6.45, 7) is 2.58. The number of sulfonamides is 2. The molecule has 1 fully saturated rings. The summed E-state index contributed by atoms with van der Waals surface area (Å²) in [4.78, 5) is 29.0. The lowest BCUT2D eigenvalue weighted by Crippen LogP contribution is -2.34. The first-order valence-electron chi connectivity index (χ1n) is 15.1. The fraction of sp³-hybridized carbons (Fsp3) is 0.375. The number of hydrogen-bond acceptors (Lipinski definition) is 6. The number of amides is 2. The van der Waals surface area contributed by atoms with Crippen molar-refractivity contribution in [2.24, 2.45) is 5.92 Å². The van der Waals surface area contributed by atoms with Gasteiger partial charge in [0.2, 0.25) is 31.9 Å². The fourth-order valence-corrected chi connectivity index (χ4v) is 11.2. The van der Waals surface area contributed by atoms with Gasteiger partial charge in [-0.1, -0.05) is 30.3 Å². The smallest absolute Gasteiger partial charge is 0.242 e. The lowest BCUT2D eigenvalue weighted by Gasteiger charge is -2.21. The van der Waals surface area contributed by atoms with Gasteiger partial charge < -0.3 is 9.80 Å². The molecule has 2 N–H and O–H groups in total. The van der Waals surface area contributed by atoms with Gasteiger partial charge in [-0.3, -0.25) is 9.59 Å². The van der Waals surface area contributed by atoms with Crippen LogP contribution in [0, 0.1) is 5.92 Å². The van der Waals surface area contributed by atoms with Crippen LogP contribution in [-0.4, -0.2) is 47.8 Å². The second-order valence-electron chi connectivity index (χ2n) is 12.1. The number of carbonyl (C=O) groups is 2. The minimum Gasteiger partial charge on any atom is -0.312 e. The monoisotopic (exact) mass is 792 g/mol. The molecule has 2 heterocycles. The quantitative estimate of drug-likeness (QED) is 0.313. The maximum atomic E-state index is 13.5. The van der Waals surface area contributed by atoms with Crippen LogP contribution in [0.25, 0.3) is 0 Å². The highest BCUT2D eigenvalue weighted by Crippen LogP contribution is 2.39. The summed E-state index contributed by atoms with van der Waals surface area (Å²) in [6.07, 6.45) is 3.31. The van der Waals surface area contributed by atoms with Crippen LogP contribution in [0.1, 0.15) is 49.3 Å². The molecule has 6 rings (SSSR count). The van der Waals surface area contributed by atoms with E-state index in [1.165, 1.54) is 6.92 Å². The minimum absolute atomic E-state index is 0.0212. The second-order valence-corrected chi connectivity index (χ2v) is 17.2. The van der Waals surface area contributed by atoms with E-state index < -0.39 is 20.0 Å². The Morgan fingerprint density at radius 1 is 0.826 bits per heavy atom. The summed E-state index contributed by atoms with van der Waals surface area (Å²) in [5.74, 6) is -0.264. The third kappa shape index (κ3) is 6.83. The predicted octanol–water partition coefficient (Wildman–Crippen LogP) is 5.03. The Morgan fingerprint density at radius 3 is 2.04 bits per heavy atom. The zero-order valence-corrected chi connectivity index (χ0v) is 29.9. The molecule has 244 valence electrons. The average Bonchev–Trinajstić information content (AvgIpc) is 3.73. The predicted molar refractivity (Wildman–Crippen MR) is 183 cm³/mol. The summed E-state index contributed by atoms with van der Waals surface area (Å²) >= 11 is 6.83. The zero-order valence-electron chi connectivity index (χ0n) is 25.1. The highest BCUT2D eigenvalue weighted by Gasteiger charge is 2.35. The van der Waals surface area contributed by atoms with Crippen molar-refractivity contribution in [1.82, 2.24) is 9.44 Å². The molecule has 10 nitrogen and oxygen atoms in total. The van der Waals surface area contributed by atoms with Crippen molar-refractivity contribution in [2.45, 2.75) is 67.8 Å². The number of halogens is 2. The van der Waals surface area contributed by atoms with E-state index in [0.29, 0.717) is 65.5 Å². The Labute approximate surface area is 286 Å². The highest BCUT2D eigenvalue weighted by molar-refractivity contribution is 9.10. The molecule has 0 spiro atoms. The van der Waals surface area contributed by atoms with Gasteiger partial charge >= 0.3 is 0 Å². The van der Waals surface area contributed by atoms with Crippen molar-refractivity contribution in [1.29, 1.82) is 0 Å². The lowest BCUT2D eigenvalue weighted by molar-refractivity contribution is -0.119. The highest BCUT2D eigenvalue weighted by atomic mass is 79.9. The van der Waals surface area contributed by atoms with Crippen molar-refractivity contribution in [3.05, 3.63) is 80.2 Å². The maximum Gasteiger partial charge on any atom is 0.242 e. The Kier molecular flexibility index (Phi) is 9.49. The fourth-order valence-electron chi connectivity index (χ4n) is 6.63. The van der Waals surface area contributed by atoms with Gasteiger partial charge in [0.25, 0.3) is 0 Å². The molecule has 0 bridgehead atoms. The largest absolute Gasteiger partial charge is 0.312 e. The average molecular weight is 795 g/mol. The molecule has 0 radical (unpaired) electrons. The van der Waals surface area contributed by atoms with E-state index >= 15 is 0 Å². The molecule has 14 heteroatoms. The molecule has 0 aromatic heterocycles. The van der Waals surface area contributed by atoms with Crippen LogP contribution in [0.2, 0.25) is 0 Å². The third-order valence-corrected chi connectivity index (χ3v) is 13.8. The van der Waals surface area contributed by atoms with E-state index in [4.69, 9.17) is 0 Å². The number of fused-ring (bicyclic) bond motifs is 2. The van der Waals surface area contributed by atoms with E-state index in [2.05, 4.69) is 41.3 Å². The zero-order chi connectivity index (χ0) is 32.8. The summed E-state index contributed by atoms with van der Waals surface area (Å²) in [7, 11) is -7.76. The molecule has 2 amide bonds. The number of rotatable bonds is 9. The second kappa shape index (κ2) is 13.1. The van der Waals surface area contributed by atoms with Crippen LogP contribution in [0.3, 0.4) is 0 Å². The molecule has 2 atom stereocenters. The van der Waals surface area contributed by atoms with E-state index in [0.717, 1.165) is 16.7 Å². The summed E-state index contributed by atoms with van der Waals surface area (Å²) in [6, 6.07) is 15.6. The Balaban J connectivity index is 1.11. The van der Waals surface area contributed by atoms with Gasteiger partial charge in [0.1, 0.15) is 0 Å². The molecule has 3 aromatic carbocycles. The number of anilines is 2. The van der Waals surface area contributed by atoms with Gasteiger partial charge in [-0.2, -0.15) is 0 Å². The van der Waals surface area contributed by atoms with Gasteiger partial charge in [0.15, 0.2) is 0 Å². The first-order chi connectivity index (χ1) is 21.8. The molecule has 1 saturated carbocycles. The molecular weight excluding hydrogens is 760 g/mol. The summed E-state index contributed by atoms with van der Waals surface area (Å²) < 4.78 is 59.7. The number of hydrogen-bond donors (Lipinski definition) is 2. The van der Waals surface area contributed by atoms with E-state index in [1.807, 2.05) is 30.3 Å². The molecule has 1 aliphatic carbocycles. The number of carbonyl (C=O) groups excluding carboxylic acids is 2. The maximum absolute atomic E-state index is 13.5. The van der Waals surface area contributed by atoms with Gasteiger partial charge in [-0.15, -0.1) is 0 Å². The molecule has 2 unspecified atom stereocenters.